The van der Waals surface area contributed by atoms with Crippen LogP contribution in [0.15, 0.2) is 36.4 Å². The van der Waals surface area contributed by atoms with Crippen molar-refractivity contribution in [2.24, 2.45) is 0 Å². The van der Waals surface area contributed by atoms with Crippen LogP contribution in [0.25, 0.3) is 10.9 Å². The summed E-state index contributed by atoms with van der Waals surface area (Å²) < 4.78 is 6.66. The quantitative estimate of drug-likeness (QED) is 0.740. The zero-order valence-corrected chi connectivity index (χ0v) is 14.1. The molecule has 3 atom stereocenters. The predicted molar refractivity (Wildman–Crippen MR) is 95.1 cm³/mol. The third-order valence-corrected chi connectivity index (χ3v) is 7.25. The molecule has 1 N–H and O–H groups in total. The maximum absolute atomic E-state index is 6.66. The van der Waals surface area contributed by atoms with E-state index in [1.54, 1.807) is 0 Å². The standard InChI is InChI=1S/C21H24N2O/c1-2-7-17-15(6-1)16-8-13-23-18(19(16)22-17)14-24-21-11-4-3-9-20(21,23)10-5-12-21/h1-2,4,6-7,11,18,22H,3,5,8-10,12-14H2/t18-,20-,21+/m0/s1. The van der Waals surface area contributed by atoms with Crippen LogP contribution in [0.5, 0.6) is 0 Å². The van der Waals surface area contributed by atoms with E-state index >= 15 is 0 Å². The fraction of sp³-hybridized carbons (Fsp3) is 0.524. The van der Waals surface area contributed by atoms with E-state index < -0.39 is 0 Å². The molecule has 6 rings (SSSR count). The van der Waals surface area contributed by atoms with Crippen LogP contribution in [-0.2, 0) is 11.2 Å². The molecule has 1 aromatic carbocycles. The highest BCUT2D eigenvalue weighted by molar-refractivity contribution is 5.85. The summed E-state index contributed by atoms with van der Waals surface area (Å²) in [6.45, 7) is 2.00. The number of nitrogens with one attached hydrogen (secondary N) is 1. The molecule has 124 valence electrons. The molecule has 0 unspecified atom stereocenters. The molecular formula is C21H24N2O. The van der Waals surface area contributed by atoms with Crippen LogP contribution in [0.3, 0.4) is 0 Å². The first-order valence-corrected chi connectivity index (χ1v) is 9.51. The summed E-state index contributed by atoms with van der Waals surface area (Å²) in [6.07, 6.45) is 12.2. The second kappa shape index (κ2) is 4.53. The van der Waals surface area contributed by atoms with Gasteiger partial charge in [0.2, 0.25) is 0 Å². The molecule has 1 saturated heterocycles. The number of H-pyrrole nitrogens is 1. The van der Waals surface area contributed by atoms with Crippen LogP contribution < -0.4 is 0 Å². The monoisotopic (exact) mass is 320 g/mol. The Kier molecular flexibility index (Phi) is 2.58. The van der Waals surface area contributed by atoms with Gasteiger partial charge in [0.15, 0.2) is 0 Å². The maximum Gasteiger partial charge on any atom is 0.105 e. The predicted octanol–water partition coefficient (Wildman–Crippen LogP) is 4.11. The lowest BCUT2D eigenvalue weighted by atomic mass is 9.70. The molecule has 24 heavy (non-hydrogen) atoms. The number of para-hydroxylation sites is 1. The summed E-state index contributed by atoms with van der Waals surface area (Å²) in [4.78, 5) is 6.58. The van der Waals surface area contributed by atoms with Gasteiger partial charge in [-0.3, -0.25) is 4.90 Å². The van der Waals surface area contributed by atoms with Crippen LogP contribution >= 0.6 is 0 Å². The first kappa shape index (κ1) is 13.7. The van der Waals surface area contributed by atoms with Gasteiger partial charge in [0.05, 0.1) is 18.2 Å². The summed E-state index contributed by atoms with van der Waals surface area (Å²) in [6, 6.07) is 9.17. The smallest absolute Gasteiger partial charge is 0.105 e. The molecule has 0 spiro atoms. The lowest BCUT2D eigenvalue weighted by Gasteiger charge is -2.60. The van der Waals surface area contributed by atoms with Crippen LogP contribution in [0.2, 0.25) is 0 Å². The fourth-order valence-corrected chi connectivity index (χ4v) is 6.28. The molecule has 3 heteroatoms. The Bertz CT molecular complexity index is 853. The zero-order valence-electron chi connectivity index (χ0n) is 14.1. The topological polar surface area (TPSA) is 28.3 Å². The summed E-state index contributed by atoms with van der Waals surface area (Å²) in [5.41, 5.74) is 4.47. The number of morpholine rings is 1. The normalized spacial score (nSPS) is 37.8. The molecule has 2 aromatic rings. The minimum absolute atomic E-state index is 0.00866. The van der Waals surface area contributed by atoms with Crippen molar-refractivity contribution < 1.29 is 4.74 Å². The summed E-state index contributed by atoms with van der Waals surface area (Å²) in [5.74, 6) is 0. The Hall–Kier alpha value is -1.58. The number of hydrogen-bond acceptors (Lipinski definition) is 2. The van der Waals surface area contributed by atoms with E-state index in [-0.39, 0.29) is 11.1 Å². The van der Waals surface area contributed by atoms with Gasteiger partial charge in [-0.15, -0.1) is 0 Å². The van der Waals surface area contributed by atoms with E-state index in [2.05, 4.69) is 46.3 Å². The zero-order chi connectivity index (χ0) is 15.8. The van der Waals surface area contributed by atoms with Gasteiger partial charge in [0.25, 0.3) is 0 Å². The van der Waals surface area contributed by atoms with E-state index in [0.717, 1.165) is 13.0 Å². The van der Waals surface area contributed by atoms with Crippen LogP contribution in [0.4, 0.5) is 0 Å². The molecule has 2 aliphatic heterocycles. The SMILES string of the molecule is C1=C[C@@]23CCC[C@]2(CC1)N1CCc2c([nH]c4ccccc24)[C@@H]1CO3. The van der Waals surface area contributed by atoms with Crippen molar-refractivity contribution in [1.29, 1.82) is 0 Å². The lowest BCUT2D eigenvalue weighted by molar-refractivity contribution is -0.193. The largest absolute Gasteiger partial charge is 0.367 e. The van der Waals surface area contributed by atoms with Crippen molar-refractivity contribution in [2.75, 3.05) is 13.2 Å². The number of aromatic amines is 1. The molecule has 1 saturated carbocycles. The number of aromatic nitrogens is 1. The van der Waals surface area contributed by atoms with Crippen molar-refractivity contribution in [1.82, 2.24) is 9.88 Å². The molecule has 3 nitrogen and oxygen atoms in total. The van der Waals surface area contributed by atoms with Gasteiger partial charge in [-0.1, -0.05) is 30.4 Å². The molecule has 4 aliphatic rings. The molecule has 0 bridgehead atoms. The number of allylic oxidation sites excluding steroid dienone is 1. The third kappa shape index (κ3) is 1.47. The second-order valence-electron chi connectivity index (χ2n) is 8.05. The number of rotatable bonds is 0. The third-order valence-electron chi connectivity index (χ3n) is 7.25. The molecular weight excluding hydrogens is 296 g/mol. The molecule has 2 fully saturated rings. The van der Waals surface area contributed by atoms with Crippen molar-refractivity contribution in [2.45, 2.75) is 55.7 Å². The first-order chi connectivity index (χ1) is 11.8. The Morgan fingerprint density at radius 3 is 3.12 bits per heavy atom. The van der Waals surface area contributed by atoms with E-state index in [1.165, 1.54) is 60.8 Å². The first-order valence-electron chi connectivity index (χ1n) is 9.51. The maximum atomic E-state index is 6.66. The summed E-state index contributed by atoms with van der Waals surface area (Å²) in [5, 5.41) is 1.41. The average Bonchev–Trinajstić information content (AvgIpc) is 3.20. The van der Waals surface area contributed by atoms with Crippen molar-refractivity contribution in [3.8, 4) is 0 Å². The summed E-state index contributed by atoms with van der Waals surface area (Å²) >= 11 is 0. The van der Waals surface area contributed by atoms with E-state index in [4.69, 9.17) is 4.74 Å². The second-order valence-corrected chi connectivity index (χ2v) is 8.05. The number of fused-ring (bicyclic) bond motifs is 5. The highest BCUT2D eigenvalue weighted by Crippen LogP contribution is 2.58. The van der Waals surface area contributed by atoms with E-state index in [9.17, 15) is 0 Å². The van der Waals surface area contributed by atoms with Gasteiger partial charge < -0.3 is 9.72 Å². The van der Waals surface area contributed by atoms with Crippen LogP contribution in [-0.4, -0.2) is 34.2 Å². The van der Waals surface area contributed by atoms with Crippen molar-refractivity contribution in [3.63, 3.8) is 0 Å². The number of benzene rings is 1. The number of nitrogens with zero attached hydrogens (tertiary/aromatic N) is 1. The van der Waals surface area contributed by atoms with Gasteiger partial charge in [0.1, 0.15) is 5.60 Å². The molecule has 1 aromatic heterocycles. The Balaban J connectivity index is 1.51. The van der Waals surface area contributed by atoms with Gasteiger partial charge in [0, 0.05) is 23.1 Å². The molecule has 3 heterocycles. The van der Waals surface area contributed by atoms with Crippen LogP contribution in [0, 0.1) is 0 Å². The van der Waals surface area contributed by atoms with E-state index in [1.807, 2.05) is 0 Å². The minimum atomic E-state index is -0.00866. The van der Waals surface area contributed by atoms with Gasteiger partial charge in [-0.2, -0.15) is 0 Å². The Labute approximate surface area is 142 Å². The Morgan fingerprint density at radius 1 is 1.17 bits per heavy atom. The molecule has 0 radical (unpaired) electrons. The van der Waals surface area contributed by atoms with Gasteiger partial charge >= 0.3 is 0 Å². The highest BCUT2D eigenvalue weighted by Gasteiger charge is 2.63. The molecule has 0 amide bonds. The van der Waals surface area contributed by atoms with Gasteiger partial charge in [-0.05, 0) is 50.2 Å². The van der Waals surface area contributed by atoms with Gasteiger partial charge in [-0.25, -0.2) is 0 Å². The van der Waals surface area contributed by atoms with E-state index in [0.29, 0.717) is 6.04 Å². The molecule has 2 aliphatic carbocycles. The number of ether oxygens (including phenoxy) is 1. The van der Waals surface area contributed by atoms with Crippen molar-refractivity contribution in [3.05, 3.63) is 47.7 Å². The summed E-state index contributed by atoms with van der Waals surface area (Å²) in [7, 11) is 0. The highest BCUT2D eigenvalue weighted by atomic mass is 16.5. The lowest BCUT2D eigenvalue weighted by Crippen LogP contribution is -2.68. The average molecular weight is 320 g/mol. The Morgan fingerprint density at radius 2 is 2.12 bits per heavy atom. The van der Waals surface area contributed by atoms with Crippen molar-refractivity contribution >= 4 is 10.9 Å². The fourth-order valence-electron chi connectivity index (χ4n) is 6.28. The minimum Gasteiger partial charge on any atom is -0.367 e. The number of hydrogen-bond donors (Lipinski definition) is 1. The van der Waals surface area contributed by atoms with Crippen LogP contribution in [0.1, 0.15) is 49.4 Å².